The number of rotatable bonds is 11. The van der Waals surface area contributed by atoms with Crippen LogP contribution in [0.25, 0.3) is 11.3 Å². The van der Waals surface area contributed by atoms with E-state index in [2.05, 4.69) is 59.1 Å². The second-order valence-electron chi connectivity index (χ2n) is 7.14. The van der Waals surface area contributed by atoms with Gasteiger partial charge in [0.25, 0.3) is 5.88 Å². The number of hydrogen-bond donors (Lipinski definition) is 1. The van der Waals surface area contributed by atoms with Crippen molar-refractivity contribution in [3.05, 3.63) is 28.4 Å². The molecule has 5 nitrogen and oxygen atoms in total. The van der Waals surface area contributed by atoms with Gasteiger partial charge in [0.05, 0.1) is 13.7 Å². The summed E-state index contributed by atoms with van der Waals surface area (Å²) in [5.74, 6) is 2.36. The first kappa shape index (κ1) is 22.5. The number of nitrogens with one attached hydrogen (secondary N) is 1. The summed E-state index contributed by atoms with van der Waals surface area (Å²) >= 11 is 3.56. The molecular weight excluding hydrogens is 418 g/mol. The standard InChI is InChI=1S/C22H32BrN3O2/c1-6-7-8-9-10-13-28-22-21(24-4)25-19(20(23)26-22)17-12-11-16(15(2)3)14-18(17)27-5/h11-12,14-15H,6-10,13H2,1-5H3,(H,24,25). The minimum Gasteiger partial charge on any atom is -0.496 e. The number of unbranched alkanes of at least 4 members (excludes halogenated alkanes) is 4. The van der Waals surface area contributed by atoms with Crippen LogP contribution in [-0.4, -0.2) is 30.7 Å². The fraction of sp³-hybridized carbons (Fsp3) is 0.545. The minimum atomic E-state index is 0.429. The third-order valence-corrected chi connectivity index (χ3v) is 5.25. The molecule has 0 aliphatic carbocycles. The molecule has 1 aromatic carbocycles. The van der Waals surface area contributed by atoms with Crippen LogP contribution in [0, 0.1) is 0 Å². The Morgan fingerprint density at radius 1 is 1.11 bits per heavy atom. The van der Waals surface area contributed by atoms with Crippen LogP contribution in [0.4, 0.5) is 5.82 Å². The number of anilines is 1. The Balaban J connectivity index is 2.23. The highest BCUT2D eigenvalue weighted by Crippen LogP contribution is 2.37. The average Bonchev–Trinajstić information content (AvgIpc) is 2.70. The van der Waals surface area contributed by atoms with Crippen molar-refractivity contribution in [2.45, 2.75) is 58.8 Å². The summed E-state index contributed by atoms with van der Waals surface area (Å²) in [5, 5.41) is 3.10. The van der Waals surface area contributed by atoms with Crippen molar-refractivity contribution in [2.75, 3.05) is 26.1 Å². The lowest BCUT2D eigenvalue weighted by Crippen LogP contribution is -2.06. The highest BCUT2D eigenvalue weighted by Gasteiger charge is 2.18. The summed E-state index contributed by atoms with van der Waals surface area (Å²) in [6, 6.07) is 6.21. The molecule has 0 radical (unpaired) electrons. The lowest BCUT2D eigenvalue weighted by atomic mass is 10.00. The molecule has 0 amide bonds. The van der Waals surface area contributed by atoms with Gasteiger partial charge >= 0.3 is 0 Å². The van der Waals surface area contributed by atoms with Gasteiger partial charge in [0.15, 0.2) is 5.82 Å². The first-order valence-electron chi connectivity index (χ1n) is 10.1. The van der Waals surface area contributed by atoms with Crippen molar-refractivity contribution in [1.82, 2.24) is 9.97 Å². The van der Waals surface area contributed by atoms with Gasteiger partial charge in [-0.2, -0.15) is 0 Å². The molecule has 0 bridgehead atoms. The molecule has 0 aliphatic rings. The van der Waals surface area contributed by atoms with E-state index in [1.165, 1.54) is 31.2 Å². The van der Waals surface area contributed by atoms with Crippen molar-refractivity contribution in [2.24, 2.45) is 0 Å². The van der Waals surface area contributed by atoms with E-state index in [4.69, 9.17) is 14.5 Å². The van der Waals surface area contributed by atoms with Gasteiger partial charge in [-0.3, -0.25) is 0 Å². The quantitative estimate of drug-likeness (QED) is 0.400. The van der Waals surface area contributed by atoms with Crippen molar-refractivity contribution in [3.8, 4) is 22.9 Å². The zero-order chi connectivity index (χ0) is 20.5. The first-order chi connectivity index (χ1) is 13.5. The van der Waals surface area contributed by atoms with Gasteiger partial charge in [0.2, 0.25) is 0 Å². The van der Waals surface area contributed by atoms with E-state index in [1.807, 2.05) is 13.1 Å². The van der Waals surface area contributed by atoms with Crippen LogP contribution >= 0.6 is 15.9 Å². The van der Waals surface area contributed by atoms with E-state index in [9.17, 15) is 0 Å². The average molecular weight is 450 g/mol. The van der Waals surface area contributed by atoms with Crippen molar-refractivity contribution < 1.29 is 9.47 Å². The van der Waals surface area contributed by atoms with Gasteiger partial charge in [-0.15, -0.1) is 0 Å². The Labute approximate surface area is 177 Å². The molecule has 0 aliphatic heterocycles. The molecule has 0 atom stereocenters. The second-order valence-corrected chi connectivity index (χ2v) is 7.90. The Morgan fingerprint density at radius 2 is 1.86 bits per heavy atom. The van der Waals surface area contributed by atoms with E-state index < -0.39 is 0 Å². The highest BCUT2D eigenvalue weighted by molar-refractivity contribution is 9.10. The van der Waals surface area contributed by atoms with Crippen LogP contribution in [-0.2, 0) is 0 Å². The Bertz CT molecular complexity index is 766. The molecule has 1 N–H and O–H groups in total. The number of ether oxygens (including phenoxy) is 2. The molecule has 1 aromatic heterocycles. The lowest BCUT2D eigenvalue weighted by molar-refractivity contribution is 0.293. The Hall–Kier alpha value is -1.82. The summed E-state index contributed by atoms with van der Waals surface area (Å²) in [4.78, 5) is 9.35. The fourth-order valence-corrected chi connectivity index (χ4v) is 3.44. The Morgan fingerprint density at radius 3 is 2.50 bits per heavy atom. The zero-order valence-electron chi connectivity index (χ0n) is 17.6. The third kappa shape index (κ3) is 5.84. The number of nitrogens with zero attached hydrogens (tertiary/aromatic N) is 2. The van der Waals surface area contributed by atoms with Crippen LogP contribution in [0.5, 0.6) is 11.6 Å². The van der Waals surface area contributed by atoms with E-state index >= 15 is 0 Å². The smallest absolute Gasteiger partial charge is 0.258 e. The molecule has 0 fully saturated rings. The summed E-state index contributed by atoms with van der Waals surface area (Å²) in [6.45, 7) is 7.19. The molecule has 28 heavy (non-hydrogen) atoms. The topological polar surface area (TPSA) is 56.3 Å². The normalized spacial score (nSPS) is 11.0. The van der Waals surface area contributed by atoms with Crippen LogP contribution in [0.3, 0.4) is 0 Å². The summed E-state index contributed by atoms with van der Waals surface area (Å²) in [7, 11) is 3.51. The third-order valence-electron chi connectivity index (χ3n) is 4.69. The predicted octanol–water partition coefficient (Wildman–Crippen LogP) is 6.43. The number of hydrogen-bond acceptors (Lipinski definition) is 5. The maximum atomic E-state index is 5.89. The molecule has 0 saturated carbocycles. The van der Waals surface area contributed by atoms with E-state index in [0.717, 1.165) is 23.4 Å². The van der Waals surface area contributed by atoms with Crippen LogP contribution in [0.2, 0.25) is 0 Å². The molecule has 154 valence electrons. The molecule has 0 spiro atoms. The van der Waals surface area contributed by atoms with Crippen LogP contribution in [0.15, 0.2) is 22.8 Å². The van der Waals surface area contributed by atoms with E-state index in [-0.39, 0.29) is 0 Å². The van der Waals surface area contributed by atoms with Gasteiger partial charge in [-0.1, -0.05) is 52.5 Å². The van der Waals surface area contributed by atoms with Crippen LogP contribution < -0.4 is 14.8 Å². The fourth-order valence-electron chi connectivity index (χ4n) is 2.97. The first-order valence-corrected chi connectivity index (χ1v) is 10.9. The largest absolute Gasteiger partial charge is 0.496 e. The van der Waals surface area contributed by atoms with E-state index in [1.54, 1.807) is 7.11 Å². The maximum Gasteiger partial charge on any atom is 0.258 e. The van der Waals surface area contributed by atoms with Gasteiger partial charge in [0.1, 0.15) is 16.0 Å². The summed E-state index contributed by atoms with van der Waals surface area (Å²) in [5.41, 5.74) is 2.85. The van der Waals surface area contributed by atoms with Gasteiger partial charge in [-0.25, -0.2) is 9.97 Å². The maximum absolute atomic E-state index is 5.89. The molecule has 2 aromatic rings. The van der Waals surface area contributed by atoms with Gasteiger partial charge in [-0.05, 0) is 46.0 Å². The van der Waals surface area contributed by atoms with Gasteiger partial charge in [0, 0.05) is 12.6 Å². The molecule has 0 unspecified atom stereocenters. The van der Waals surface area contributed by atoms with Crippen molar-refractivity contribution in [3.63, 3.8) is 0 Å². The highest BCUT2D eigenvalue weighted by atomic mass is 79.9. The molecule has 0 saturated heterocycles. The summed E-state index contributed by atoms with van der Waals surface area (Å²) in [6.07, 6.45) is 5.97. The molecule has 6 heteroatoms. The molecule has 1 heterocycles. The molecule has 2 rings (SSSR count). The molecular formula is C22H32BrN3O2. The number of methoxy groups -OCH3 is 1. The van der Waals surface area contributed by atoms with Crippen molar-refractivity contribution in [1.29, 1.82) is 0 Å². The predicted molar refractivity (Wildman–Crippen MR) is 120 cm³/mol. The number of aromatic nitrogens is 2. The SMILES string of the molecule is CCCCCCCOc1nc(Br)c(-c2ccc(C(C)C)cc2OC)nc1NC. The monoisotopic (exact) mass is 449 g/mol. The number of halogens is 1. The Kier molecular flexibility index (Phi) is 9.03. The summed E-state index contributed by atoms with van der Waals surface area (Å²) < 4.78 is 12.2. The minimum absolute atomic E-state index is 0.429. The zero-order valence-corrected chi connectivity index (χ0v) is 19.2. The van der Waals surface area contributed by atoms with Gasteiger partial charge < -0.3 is 14.8 Å². The second kappa shape index (κ2) is 11.2. The lowest BCUT2D eigenvalue weighted by Gasteiger charge is -2.15. The number of benzene rings is 1. The van der Waals surface area contributed by atoms with E-state index in [0.29, 0.717) is 28.8 Å². The van der Waals surface area contributed by atoms with Crippen LogP contribution in [0.1, 0.15) is 64.4 Å². The van der Waals surface area contributed by atoms with Crippen molar-refractivity contribution >= 4 is 21.7 Å².